The summed E-state index contributed by atoms with van der Waals surface area (Å²) in [5.74, 6) is 0.629. The predicted molar refractivity (Wildman–Crippen MR) is 65.4 cm³/mol. The molecule has 3 heteroatoms. The van der Waals surface area contributed by atoms with Gasteiger partial charge in [0, 0.05) is 12.1 Å². The van der Waals surface area contributed by atoms with E-state index in [1.165, 1.54) is 5.56 Å². The zero-order valence-electron chi connectivity index (χ0n) is 9.62. The highest BCUT2D eigenvalue weighted by Crippen LogP contribution is 2.15. The fourth-order valence-corrected chi connectivity index (χ4v) is 2.09. The van der Waals surface area contributed by atoms with Crippen LogP contribution in [0.15, 0.2) is 24.3 Å². The number of rotatable bonds is 3. The molecule has 1 atom stereocenters. The first kappa shape index (κ1) is 11.1. The summed E-state index contributed by atoms with van der Waals surface area (Å²) >= 11 is 0. The molecule has 0 spiro atoms. The fraction of sp³-hybridized carbons (Fsp3) is 0.462. The molecule has 1 aromatic carbocycles. The lowest BCUT2D eigenvalue weighted by Gasteiger charge is -2.09. The number of aryl methyl sites for hydroxylation is 1. The summed E-state index contributed by atoms with van der Waals surface area (Å²) in [5, 5.41) is 6.21. The summed E-state index contributed by atoms with van der Waals surface area (Å²) < 4.78 is 0. The Kier molecular flexibility index (Phi) is 3.57. The van der Waals surface area contributed by atoms with Gasteiger partial charge in [0.15, 0.2) is 0 Å². The van der Waals surface area contributed by atoms with E-state index in [0.29, 0.717) is 12.3 Å². The van der Waals surface area contributed by atoms with Crippen LogP contribution in [0.2, 0.25) is 0 Å². The maximum atomic E-state index is 11.7. The summed E-state index contributed by atoms with van der Waals surface area (Å²) in [4.78, 5) is 11.7. The van der Waals surface area contributed by atoms with Gasteiger partial charge in [-0.3, -0.25) is 4.79 Å². The van der Waals surface area contributed by atoms with Gasteiger partial charge < -0.3 is 10.6 Å². The Labute approximate surface area is 96.2 Å². The highest BCUT2D eigenvalue weighted by Gasteiger charge is 2.17. The SMILES string of the molecule is Cc1cccc(NC(=O)CC2CCNC2)c1. The summed E-state index contributed by atoms with van der Waals surface area (Å²) in [6.07, 6.45) is 1.74. The lowest BCUT2D eigenvalue weighted by atomic mass is 10.0. The molecule has 1 unspecified atom stereocenters. The molecule has 2 N–H and O–H groups in total. The minimum Gasteiger partial charge on any atom is -0.326 e. The summed E-state index contributed by atoms with van der Waals surface area (Å²) in [5.41, 5.74) is 2.07. The van der Waals surface area contributed by atoms with Crippen molar-refractivity contribution in [3.8, 4) is 0 Å². The van der Waals surface area contributed by atoms with Crippen LogP contribution < -0.4 is 10.6 Å². The molecule has 0 bridgehead atoms. The zero-order valence-corrected chi connectivity index (χ0v) is 9.62. The van der Waals surface area contributed by atoms with Crippen LogP contribution in [0.1, 0.15) is 18.4 Å². The van der Waals surface area contributed by atoms with Crippen molar-refractivity contribution < 1.29 is 4.79 Å². The molecule has 86 valence electrons. The molecule has 1 aromatic rings. The standard InChI is InChI=1S/C13H18N2O/c1-10-3-2-4-12(7-10)15-13(16)8-11-5-6-14-9-11/h2-4,7,11,14H,5-6,8-9H2,1H3,(H,15,16). The van der Waals surface area contributed by atoms with E-state index >= 15 is 0 Å². The Bertz CT molecular complexity index is 370. The molecular formula is C13H18N2O. The van der Waals surface area contributed by atoms with Crippen LogP contribution in [0.25, 0.3) is 0 Å². The lowest BCUT2D eigenvalue weighted by Crippen LogP contribution is -2.18. The molecule has 1 heterocycles. The van der Waals surface area contributed by atoms with Crippen LogP contribution in [-0.4, -0.2) is 19.0 Å². The second-order valence-electron chi connectivity index (χ2n) is 4.48. The molecule has 0 aromatic heterocycles. The van der Waals surface area contributed by atoms with E-state index in [4.69, 9.17) is 0 Å². The molecule has 0 saturated carbocycles. The van der Waals surface area contributed by atoms with E-state index in [1.54, 1.807) is 0 Å². The Morgan fingerprint density at radius 1 is 1.56 bits per heavy atom. The molecule has 0 aliphatic carbocycles. The maximum absolute atomic E-state index is 11.7. The van der Waals surface area contributed by atoms with Crippen LogP contribution in [0.3, 0.4) is 0 Å². The minimum atomic E-state index is 0.124. The van der Waals surface area contributed by atoms with Crippen molar-refractivity contribution >= 4 is 11.6 Å². The third kappa shape index (κ3) is 3.07. The van der Waals surface area contributed by atoms with Gasteiger partial charge in [-0.05, 0) is 50.0 Å². The van der Waals surface area contributed by atoms with Gasteiger partial charge in [0.25, 0.3) is 0 Å². The van der Waals surface area contributed by atoms with Gasteiger partial charge in [0.1, 0.15) is 0 Å². The number of nitrogens with one attached hydrogen (secondary N) is 2. The molecule has 16 heavy (non-hydrogen) atoms. The quantitative estimate of drug-likeness (QED) is 0.814. The Morgan fingerprint density at radius 2 is 2.44 bits per heavy atom. The van der Waals surface area contributed by atoms with E-state index in [-0.39, 0.29) is 5.91 Å². The second-order valence-corrected chi connectivity index (χ2v) is 4.48. The highest BCUT2D eigenvalue weighted by molar-refractivity contribution is 5.90. The summed E-state index contributed by atoms with van der Waals surface area (Å²) in [6, 6.07) is 7.90. The maximum Gasteiger partial charge on any atom is 0.224 e. The van der Waals surface area contributed by atoms with E-state index in [2.05, 4.69) is 10.6 Å². The van der Waals surface area contributed by atoms with Gasteiger partial charge in [0.2, 0.25) is 5.91 Å². The molecular weight excluding hydrogens is 200 g/mol. The van der Waals surface area contributed by atoms with Gasteiger partial charge in [-0.25, -0.2) is 0 Å². The van der Waals surface area contributed by atoms with Crippen molar-refractivity contribution in [1.82, 2.24) is 5.32 Å². The zero-order chi connectivity index (χ0) is 11.4. The first-order valence-electron chi connectivity index (χ1n) is 5.81. The Morgan fingerprint density at radius 3 is 3.12 bits per heavy atom. The molecule has 1 aliphatic rings. The predicted octanol–water partition coefficient (Wildman–Crippen LogP) is 1.93. The normalized spacial score (nSPS) is 19.7. The van der Waals surface area contributed by atoms with E-state index < -0.39 is 0 Å². The van der Waals surface area contributed by atoms with Crippen molar-refractivity contribution in [1.29, 1.82) is 0 Å². The van der Waals surface area contributed by atoms with Crippen LogP contribution in [0.5, 0.6) is 0 Å². The van der Waals surface area contributed by atoms with Gasteiger partial charge in [-0.1, -0.05) is 12.1 Å². The molecule has 1 amide bonds. The highest BCUT2D eigenvalue weighted by atomic mass is 16.1. The van der Waals surface area contributed by atoms with E-state index in [1.807, 2.05) is 31.2 Å². The third-order valence-corrected chi connectivity index (χ3v) is 2.94. The summed E-state index contributed by atoms with van der Waals surface area (Å²) in [7, 11) is 0. The average molecular weight is 218 g/mol. The van der Waals surface area contributed by atoms with Crippen molar-refractivity contribution in [2.75, 3.05) is 18.4 Å². The monoisotopic (exact) mass is 218 g/mol. The Hall–Kier alpha value is -1.35. The summed E-state index contributed by atoms with van der Waals surface area (Å²) in [6.45, 7) is 4.04. The molecule has 0 radical (unpaired) electrons. The number of carbonyl (C=O) groups excluding carboxylic acids is 1. The van der Waals surface area contributed by atoms with Crippen LogP contribution in [-0.2, 0) is 4.79 Å². The minimum absolute atomic E-state index is 0.124. The number of amides is 1. The van der Waals surface area contributed by atoms with Crippen LogP contribution in [0.4, 0.5) is 5.69 Å². The topological polar surface area (TPSA) is 41.1 Å². The van der Waals surface area contributed by atoms with Gasteiger partial charge in [-0.2, -0.15) is 0 Å². The van der Waals surface area contributed by atoms with E-state index in [9.17, 15) is 4.79 Å². The first-order valence-corrected chi connectivity index (χ1v) is 5.81. The van der Waals surface area contributed by atoms with Gasteiger partial charge in [0.05, 0.1) is 0 Å². The first-order chi connectivity index (χ1) is 7.74. The molecule has 3 nitrogen and oxygen atoms in total. The number of hydrogen-bond acceptors (Lipinski definition) is 2. The number of carbonyl (C=O) groups is 1. The number of benzene rings is 1. The van der Waals surface area contributed by atoms with E-state index in [0.717, 1.165) is 25.2 Å². The number of hydrogen-bond donors (Lipinski definition) is 2. The number of anilines is 1. The Balaban J connectivity index is 1.86. The van der Waals surface area contributed by atoms with Crippen molar-refractivity contribution in [3.63, 3.8) is 0 Å². The molecule has 2 rings (SSSR count). The molecule has 1 saturated heterocycles. The van der Waals surface area contributed by atoms with Crippen molar-refractivity contribution in [3.05, 3.63) is 29.8 Å². The second kappa shape index (κ2) is 5.12. The fourth-order valence-electron chi connectivity index (χ4n) is 2.09. The molecule has 1 fully saturated rings. The van der Waals surface area contributed by atoms with Gasteiger partial charge in [-0.15, -0.1) is 0 Å². The van der Waals surface area contributed by atoms with Crippen molar-refractivity contribution in [2.45, 2.75) is 19.8 Å². The smallest absolute Gasteiger partial charge is 0.224 e. The molecule has 1 aliphatic heterocycles. The van der Waals surface area contributed by atoms with Crippen LogP contribution in [0, 0.1) is 12.8 Å². The average Bonchev–Trinajstić information content (AvgIpc) is 2.70. The third-order valence-electron chi connectivity index (χ3n) is 2.94. The lowest BCUT2D eigenvalue weighted by molar-refractivity contribution is -0.116. The largest absolute Gasteiger partial charge is 0.326 e. The van der Waals surface area contributed by atoms with Gasteiger partial charge >= 0.3 is 0 Å². The van der Waals surface area contributed by atoms with Crippen LogP contribution >= 0.6 is 0 Å². The van der Waals surface area contributed by atoms with Crippen molar-refractivity contribution in [2.24, 2.45) is 5.92 Å².